The van der Waals surface area contributed by atoms with E-state index in [1.165, 1.54) is 48.5 Å². The maximum Gasteiger partial charge on any atom is 0.342 e. The van der Waals surface area contributed by atoms with E-state index in [1.54, 1.807) is 35.4 Å². The van der Waals surface area contributed by atoms with Crippen LogP contribution >= 0.6 is 0 Å². The summed E-state index contributed by atoms with van der Waals surface area (Å²) in [5, 5.41) is 27.1. The van der Waals surface area contributed by atoms with Crippen molar-refractivity contribution < 1.29 is 57.8 Å². The lowest BCUT2D eigenvalue weighted by Gasteiger charge is -2.18. The number of carbonyl (C=O) groups is 1. The van der Waals surface area contributed by atoms with Gasteiger partial charge in [-0.05, 0) is 49.2 Å². The van der Waals surface area contributed by atoms with Crippen molar-refractivity contribution in [3.8, 4) is 11.5 Å². The second-order valence-electron chi connectivity index (χ2n) is 12.3. The Labute approximate surface area is 320 Å². The number of benzene rings is 6. The molecule has 0 aromatic heterocycles. The summed E-state index contributed by atoms with van der Waals surface area (Å²) in [5.41, 5.74) is 0.356. The number of carbonyl (C=O) groups excluding carboxylic acids is 1. The second kappa shape index (κ2) is 14.3. The lowest BCUT2D eigenvalue weighted by Crippen LogP contribution is -2.42. The van der Waals surface area contributed by atoms with Gasteiger partial charge in [0.15, 0.2) is 0 Å². The second-order valence-corrected chi connectivity index (χ2v) is 18.5. The minimum atomic E-state index is -4.92. The predicted molar refractivity (Wildman–Crippen MR) is 206 cm³/mol. The maximum absolute atomic E-state index is 13.3. The fourth-order valence-electron chi connectivity index (χ4n) is 5.79. The first-order valence-electron chi connectivity index (χ1n) is 15.9. The highest BCUT2D eigenvalue weighted by Crippen LogP contribution is 2.41. The first-order valence-corrected chi connectivity index (χ1v) is 21.7. The Balaban J connectivity index is 1.27. The molecule has 0 saturated carbocycles. The van der Waals surface area contributed by atoms with Gasteiger partial charge in [0.2, 0.25) is 0 Å². The molecule has 292 valence electrons. The summed E-state index contributed by atoms with van der Waals surface area (Å²) in [6, 6.07) is 18.9. The van der Waals surface area contributed by atoms with Crippen molar-refractivity contribution in [2.75, 3.05) is 10.6 Å². The molecule has 6 rings (SSSR count). The van der Waals surface area contributed by atoms with Crippen molar-refractivity contribution in [1.82, 2.24) is 9.44 Å². The molecular weight excluding hydrogens is 813 g/mol. The van der Waals surface area contributed by atoms with Crippen LogP contribution in [0.4, 0.5) is 27.5 Å². The van der Waals surface area contributed by atoms with Crippen molar-refractivity contribution in [2.45, 2.75) is 33.4 Å². The molecule has 6 aromatic carbocycles. The molecule has 0 atom stereocenters. The number of phenols is 2. The van der Waals surface area contributed by atoms with Crippen molar-refractivity contribution in [3.63, 3.8) is 0 Å². The van der Waals surface area contributed by atoms with Gasteiger partial charge in [0.05, 0.1) is 21.2 Å². The van der Waals surface area contributed by atoms with E-state index in [4.69, 9.17) is 0 Å². The average molecular weight is 843 g/mol. The lowest BCUT2D eigenvalue weighted by atomic mass is 10.1. The molecule has 6 aromatic rings. The molecule has 0 aliphatic heterocycles. The number of phenolic OH excluding ortho intramolecular Hbond substituents is 2. The highest BCUT2D eigenvalue weighted by atomic mass is 32.2. The summed E-state index contributed by atoms with van der Waals surface area (Å²) in [5.74, 6) is -0.903. The zero-order chi connectivity index (χ0) is 41.0. The molecule has 0 unspecified atom stereocenters. The van der Waals surface area contributed by atoms with Crippen LogP contribution in [0.25, 0.3) is 21.5 Å². The molecule has 0 radical (unpaired) electrons. The fourth-order valence-corrected chi connectivity index (χ4v) is 9.08. The van der Waals surface area contributed by atoms with Gasteiger partial charge in [0.1, 0.15) is 21.3 Å². The molecule has 0 bridgehead atoms. The minimum Gasteiger partial charge on any atom is -0.507 e. The van der Waals surface area contributed by atoms with E-state index >= 15 is 0 Å². The highest BCUT2D eigenvalue weighted by Gasteiger charge is 2.27. The third kappa shape index (κ3) is 7.89. The van der Waals surface area contributed by atoms with Gasteiger partial charge in [0.25, 0.3) is 40.3 Å². The van der Waals surface area contributed by atoms with Crippen LogP contribution < -0.4 is 20.1 Å². The van der Waals surface area contributed by atoms with Crippen LogP contribution in [0.3, 0.4) is 0 Å². The number of aryl methyl sites for hydroxylation is 2. The number of fused-ring (bicyclic) bond motifs is 2. The summed E-state index contributed by atoms with van der Waals surface area (Å²) in [4.78, 5) is 10.4. The smallest absolute Gasteiger partial charge is 0.342 e. The van der Waals surface area contributed by atoms with Gasteiger partial charge in [-0.2, -0.15) is 16.8 Å². The molecule has 0 spiro atoms. The summed E-state index contributed by atoms with van der Waals surface area (Å²) in [6.07, 6.45) is 0. The van der Waals surface area contributed by atoms with Gasteiger partial charge < -0.3 is 20.8 Å². The number of sulfonamides is 2. The Bertz CT molecular complexity index is 2880. The molecule has 21 heteroatoms. The summed E-state index contributed by atoms with van der Waals surface area (Å²) < 4.78 is 126. The monoisotopic (exact) mass is 842 g/mol. The number of rotatable bonds is 10. The Morgan fingerprint density at radius 2 is 0.839 bits per heavy atom. The molecule has 0 aliphatic rings. The number of aromatic hydroxyl groups is 2. The van der Waals surface area contributed by atoms with Crippen molar-refractivity contribution in [3.05, 3.63) is 108 Å². The van der Waals surface area contributed by atoms with Gasteiger partial charge in [-0.1, -0.05) is 60.7 Å². The molecule has 0 heterocycles. The molecule has 0 saturated heterocycles. The van der Waals surface area contributed by atoms with Crippen molar-refractivity contribution in [2.24, 2.45) is 0 Å². The van der Waals surface area contributed by atoms with Gasteiger partial charge >= 0.3 is 6.03 Å². The van der Waals surface area contributed by atoms with Crippen LogP contribution in [-0.2, 0) is 40.3 Å². The van der Waals surface area contributed by atoms with Gasteiger partial charge in [-0.25, -0.2) is 31.1 Å². The van der Waals surface area contributed by atoms with Gasteiger partial charge in [-0.3, -0.25) is 9.11 Å². The number of nitrogens with one attached hydrogen (secondary N) is 4. The largest absolute Gasteiger partial charge is 0.507 e. The van der Waals surface area contributed by atoms with E-state index < -0.39 is 77.4 Å². The first kappa shape index (κ1) is 39.7. The topological polar surface area (TPSA) is 283 Å². The minimum absolute atomic E-state index is 0.0000973. The zero-order valence-electron chi connectivity index (χ0n) is 28.8. The maximum atomic E-state index is 13.3. The van der Waals surface area contributed by atoms with Crippen LogP contribution in [-0.4, -0.2) is 59.0 Å². The quantitative estimate of drug-likeness (QED) is 0.0635. The van der Waals surface area contributed by atoms with Crippen LogP contribution in [0.15, 0.2) is 117 Å². The summed E-state index contributed by atoms with van der Waals surface area (Å²) in [7, 11) is -19.5. The zero-order valence-corrected chi connectivity index (χ0v) is 32.1. The lowest BCUT2D eigenvalue weighted by molar-refractivity contribution is 0.250. The average Bonchev–Trinajstić information content (AvgIpc) is 3.10. The van der Waals surface area contributed by atoms with Crippen LogP contribution in [0, 0.1) is 13.8 Å². The van der Waals surface area contributed by atoms with E-state index in [2.05, 4.69) is 10.6 Å². The number of anilines is 4. The Kier molecular flexibility index (Phi) is 10.1. The normalized spacial score (nSPS) is 12.4. The van der Waals surface area contributed by atoms with Crippen molar-refractivity contribution in [1.29, 1.82) is 0 Å². The third-order valence-corrected chi connectivity index (χ3v) is 13.0. The Morgan fingerprint density at radius 3 is 1.18 bits per heavy atom. The third-order valence-electron chi connectivity index (χ3n) is 8.54. The van der Waals surface area contributed by atoms with Gasteiger partial charge in [-0.15, -0.1) is 0 Å². The Morgan fingerprint density at radius 1 is 0.500 bits per heavy atom. The van der Waals surface area contributed by atoms with Crippen LogP contribution in [0.2, 0.25) is 0 Å². The molecule has 56 heavy (non-hydrogen) atoms. The molecule has 0 aliphatic carbocycles. The Hall–Kier alpha value is -5.97. The fraction of sp³-hybridized carbons (Fsp3) is 0.0571. The van der Waals surface area contributed by atoms with E-state index in [-0.39, 0.29) is 44.3 Å². The molecule has 2 amide bonds. The van der Waals surface area contributed by atoms with E-state index in [0.29, 0.717) is 11.1 Å². The number of urea groups is 1. The van der Waals surface area contributed by atoms with Gasteiger partial charge in [0, 0.05) is 45.1 Å². The van der Waals surface area contributed by atoms with E-state index in [1.807, 2.05) is 0 Å². The van der Waals surface area contributed by atoms with E-state index in [0.717, 1.165) is 36.4 Å². The first-order chi connectivity index (χ1) is 26.1. The highest BCUT2D eigenvalue weighted by molar-refractivity contribution is 7.91. The summed E-state index contributed by atoms with van der Waals surface area (Å²) in [6.45, 7) is 3.08. The van der Waals surface area contributed by atoms with Crippen molar-refractivity contribution >= 4 is 90.6 Å². The molecular formula is C35H30N4O13S4. The predicted octanol–water partition coefficient (Wildman–Crippen LogP) is 5.38. The molecule has 8 N–H and O–H groups in total. The van der Waals surface area contributed by atoms with Crippen LogP contribution in [0.5, 0.6) is 11.5 Å². The molecule has 0 fully saturated rings. The number of hydrogen-bond acceptors (Lipinski definition) is 13. The molecule has 17 nitrogen and oxygen atoms in total. The van der Waals surface area contributed by atoms with Crippen LogP contribution in [0.1, 0.15) is 11.1 Å². The summed E-state index contributed by atoms with van der Waals surface area (Å²) >= 11 is 0. The SMILES string of the molecule is Cc1ccc(S(=O)(=O)NC(=O)NS(=O)(=O)c2ccc(C)c(Nc3c(S(=O)(=O)O)cc(O)c4ccccc34)c2)cc1Nc1c(S(=O)(=O)O)cc(O)c2ccccc12. The number of hydrogen-bond donors (Lipinski definition) is 8. The standard InChI is InChI=1S/C35H30N4O13S4/c1-19-11-13-21(15-27(19)36-33-25-9-5-3-7-23(25)29(40)17-31(33)55(47,48)49)53(43,44)38-35(42)39-54(45,46)22-14-12-20(2)28(16-22)37-34-26-10-6-4-8-24(26)30(41)18-32(34)56(50,51)52/h3-18,36-37,40-41H,1-2H3,(H2,38,39,42)(H,47,48,49)(H,50,51,52). The van der Waals surface area contributed by atoms with E-state index in [9.17, 15) is 57.8 Å². The number of amides is 2.